The van der Waals surface area contributed by atoms with Crippen LogP contribution in [-0.4, -0.2) is 36.6 Å². The van der Waals surface area contributed by atoms with Crippen molar-refractivity contribution in [2.24, 2.45) is 0 Å². The lowest BCUT2D eigenvalue weighted by atomic mass is 10.1. The lowest BCUT2D eigenvalue weighted by Gasteiger charge is -2.39. The molecule has 0 aliphatic carbocycles. The van der Waals surface area contributed by atoms with Crippen LogP contribution in [0.4, 0.5) is 0 Å². The lowest BCUT2D eigenvalue weighted by Crippen LogP contribution is -2.55. The highest BCUT2D eigenvalue weighted by Gasteiger charge is 2.23. The number of piperazine rings is 1. The van der Waals surface area contributed by atoms with Gasteiger partial charge in [0, 0.05) is 25.2 Å². The van der Waals surface area contributed by atoms with Gasteiger partial charge in [0.1, 0.15) is 0 Å². The first kappa shape index (κ1) is 10.7. The van der Waals surface area contributed by atoms with E-state index < -0.39 is 0 Å². The molecule has 0 amide bonds. The number of nitrogens with one attached hydrogen (secondary N) is 1. The Morgan fingerprint density at radius 2 is 2.00 bits per heavy atom. The Morgan fingerprint density at radius 1 is 1.38 bits per heavy atom. The first-order valence-electron chi connectivity index (χ1n) is 5.33. The zero-order valence-electron chi connectivity index (χ0n) is 8.92. The molecule has 1 rings (SSSR count). The van der Waals surface area contributed by atoms with Gasteiger partial charge in [0.15, 0.2) is 0 Å². The van der Waals surface area contributed by atoms with E-state index in [0.717, 1.165) is 19.5 Å². The van der Waals surface area contributed by atoms with Gasteiger partial charge in [-0.1, -0.05) is 6.08 Å². The van der Waals surface area contributed by atoms with E-state index in [2.05, 4.69) is 30.6 Å². The molecule has 2 unspecified atom stereocenters. The summed E-state index contributed by atoms with van der Waals surface area (Å²) in [6.45, 7) is 11.8. The number of hydrogen-bond donors (Lipinski definition) is 1. The summed E-state index contributed by atoms with van der Waals surface area (Å²) < 4.78 is 0. The topological polar surface area (TPSA) is 15.3 Å². The van der Waals surface area contributed by atoms with E-state index in [0.29, 0.717) is 12.1 Å². The summed E-state index contributed by atoms with van der Waals surface area (Å²) in [4.78, 5) is 2.60. The van der Waals surface area contributed by atoms with Crippen molar-refractivity contribution >= 4 is 0 Å². The van der Waals surface area contributed by atoms with E-state index in [1.54, 1.807) is 0 Å². The van der Waals surface area contributed by atoms with Crippen molar-refractivity contribution in [2.45, 2.75) is 38.8 Å². The average Bonchev–Trinajstić information content (AvgIpc) is 2.10. The van der Waals surface area contributed by atoms with Crippen LogP contribution in [0.2, 0.25) is 0 Å². The number of hydrogen-bond acceptors (Lipinski definition) is 2. The van der Waals surface area contributed by atoms with Crippen LogP contribution in [0.5, 0.6) is 0 Å². The summed E-state index contributed by atoms with van der Waals surface area (Å²) in [6, 6.07) is 1.38. The van der Waals surface area contributed by atoms with Crippen LogP contribution in [0.1, 0.15) is 26.7 Å². The van der Waals surface area contributed by atoms with E-state index in [1.165, 1.54) is 13.0 Å². The van der Waals surface area contributed by atoms with E-state index in [1.807, 2.05) is 6.08 Å². The van der Waals surface area contributed by atoms with Gasteiger partial charge >= 0.3 is 0 Å². The Labute approximate surface area is 82.0 Å². The maximum absolute atomic E-state index is 3.75. The Balaban J connectivity index is 2.30. The van der Waals surface area contributed by atoms with Crippen LogP contribution in [-0.2, 0) is 0 Å². The van der Waals surface area contributed by atoms with Crippen molar-refractivity contribution in [2.75, 3.05) is 19.6 Å². The van der Waals surface area contributed by atoms with Crippen molar-refractivity contribution in [1.82, 2.24) is 10.2 Å². The average molecular weight is 182 g/mol. The highest BCUT2D eigenvalue weighted by molar-refractivity contribution is 4.82. The van der Waals surface area contributed by atoms with Crippen LogP contribution >= 0.6 is 0 Å². The van der Waals surface area contributed by atoms with Crippen molar-refractivity contribution in [1.29, 1.82) is 0 Å². The molecule has 0 aromatic heterocycles. The second-order valence-electron chi connectivity index (χ2n) is 4.03. The van der Waals surface area contributed by atoms with Gasteiger partial charge < -0.3 is 5.32 Å². The molecule has 1 fully saturated rings. The van der Waals surface area contributed by atoms with E-state index in [4.69, 9.17) is 0 Å². The molecule has 0 spiro atoms. The predicted molar refractivity (Wildman–Crippen MR) is 57.9 cm³/mol. The van der Waals surface area contributed by atoms with Crippen LogP contribution in [0.15, 0.2) is 12.7 Å². The summed E-state index contributed by atoms with van der Waals surface area (Å²) in [5, 5.41) is 3.44. The van der Waals surface area contributed by atoms with Crippen molar-refractivity contribution < 1.29 is 0 Å². The van der Waals surface area contributed by atoms with Gasteiger partial charge in [0.05, 0.1) is 0 Å². The van der Waals surface area contributed by atoms with Gasteiger partial charge in [-0.2, -0.15) is 0 Å². The number of rotatable bonds is 4. The van der Waals surface area contributed by atoms with Crippen LogP contribution < -0.4 is 5.32 Å². The minimum Gasteiger partial charge on any atom is -0.314 e. The SMILES string of the molecule is C=CCCCN1C(C)CNCC1C. The fourth-order valence-electron chi connectivity index (χ4n) is 2.03. The molecule has 0 saturated carbocycles. The summed E-state index contributed by atoms with van der Waals surface area (Å²) in [6.07, 6.45) is 4.40. The monoisotopic (exact) mass is 182 g/mol. The van der Waals surface area contributed by atoms with Crippen LogP contribution in [0.25, 0.3) is 0 Å². The molecule has 1 N–H and O–H groups in total. The maximum atomic E-state index is 3.75. The van der Waals surface area contributed by atoms with Gasteiger partial charge in [-0.3, -0.25) is 4.90 Å². The van der Waals surface area contributed by atoms with Gasteiger partial charge in [-0.05, 0) is 33.2 Å². The molecule has 76 valence electrons. The molecule has 1 saturated heterocycles. The molecule has 0 aromatic rings. The Hall–Kier alpha value is -0.340. The summed E-state index contributed by atoms with van der Waals surface area (Å²) in [5.41, 5.74) is 0. The van der Waals surface area contributed by atoms with Gasteiger partial charge in [-0.25, -0.2) is 0 Å². The molecule has 1 heterocycles. The predicted octanol–water partition coefficient (Wildman–Crippen LogP) is 1.63. The molecule has 2 nitrogen and oxygen atoms in total. The first-order chi connectivity index (χ1) is 6.25. The third-order valence-electron chi connectivity index (χ3n) is 2.84. The molecule has 2 atom stereocenters. The second-order valence-corrected chi connectivity index (χ2v) is 4.03. The molecule has 0 bridgehead atoms. The van der Waals surface area contributed by atoms with Gasteiger partial charge in [0.25, 0.3) is 0 Å². The quantitative estimate of drug-likeness (QED) is 0.525. The van der Waals surface area contributed by atoms with Crippen molar-refractivity contribution in [3.63, 3.8) is 0 Å². The largest absolute Gasteiger partial charge is 0.314 e. The summed E-state index contributed by atoms with van der Waals surface area (Å²) in [5.74, 6) is 0. The maximum Gasteiger partial charge on any atom is 0.0195 e. The first-order valence-corrected chi connectivity index (χ1v) is 5.33. The molecule has 0 aromatic carbocycles. The highest BCUT2D eigenvalue weighted by atomic mass is 15.2. The Kier molecular flexibility index (Phi) is 4.46. The van der Waals surface area contributed by atoms with Crippen LogP contribution in [0, 0.1) is 0 Å². The second kappa shape index (κ2) is 5.40. The Bertz CT molecular complexity index is 146. The normalized spacial score (nSPS) is 30.3. The minimum absolute atomic E-state index is 0.688. The van der Waals surface area contributed by atoms with Gasteiger partial charge in [0.2, 0.25) is 0 Å². The van der Waals surface area contributed by atoms with Crippen molar-refractivity contribution in [3.8, 4) is 0 Å². The van der Waals surface area contributed by atoms with E-state index >= 15 is 0 Å². The zero-order chi connectivity index (χ0) is 9.68. The molecule has 2 heteroatoms. The number of nitrogens with zero attached hydrogens (tertiary/aromatic N) is 1. The van der Waals surface area contributed by atoms with Crippen molar-refractivity contribution in [3.05, 3.63) is 12.7 Å². The Morgan fingerprint density at radius 3 is 2.54 bits per heavy atom. The van der Waals surface area contributed by atoms with Crippen LogP contribution in [0.3, 0.4) is 0 Å². The smallest absolute Gasteiger partial charge is 0.0195 e. The minimum atomic E-state index is 0.688. The molecule has 1 aliphatic rings. The summed E-state index contributed by atoms with van der Waals surface area (Å²) >= 11 is 0. The number of allylic oxidation sites excluding steroid dienone is 1. The fraction of sp³-hybridized carbons (Fsp3) is 0.818. The third kappa shape index (κ3) is 3.12. The third-order valence-corrected chi connectivity index (χ3v) is 2.84. The highest BCUT2D eigenvalue weighted by Crippen LogP contribution is 2.10. The van der Waals surface area contributed by atoms with E-state index in [9.17, 15) is 0 Å². The fourth-order valence-corrected chi connectivity index (χ4v) is 2.03. The molecule has 0 radical (unpaired) electrons. The molecule has 1 aliphatic heterocycles. The summed E-state index contributed by atoms with van der Waals surface area (Å²) in [7, 11) is 0. The molecule has 13 heavy (non-hydrogen) atoms. The lowest BCUT2D eigenvalue weighted by molar-refractivity contribution is 0.116. The molecular weight excluding hydrogens is 160 g/mol. The molecular formula is C11H22N2. The number of unbranched alkanes of at least 4 members (excludes halogenated alkanes) is 1. The standard InChI is InChI=1S/C11H22N2/c1-4-5-6-7-13-10(2)8-12-9-11(13)3/h4,10-12H,1,5-9H2,2-3H3. The van der Waals surface area contributed by atoms with E-state index in [-0.39, 0.29) is 0 Å². The van der Waals surface area contributed by atoms with Gasteiger partial charge in [-0.15, -0.1) is 6.58 Å². The zero-order valence-corrected chi connectivity index (χ0v) is 8.92.